The minimum Gasteiger partial charge on any atom is -0.454 e. The Kier molecular flexibility index (Phi) is 6.11. The summed E-state index contributed by atoms with van der Waals surface area (Å²) in [6, 6.07) is 6.75. The van der Waals surface area contributed by atoms with Gasteiger partial charge in [-0.2, -0.15) is 0 Å². The average molecular weight is 389 g/mol. The van der Waals surface area contributed by atoms with Crippen LogP contribution in [0.15, 0.2) is 24.3 Å². The van der Waals surface area contributed by atoms with Crippen molar-refractivity contribution in [2.24, 2.45) is 0 Å². The maximum atomic E-state index is 12.2. The van der Waals surface area contributed by atoms with E-state index in [2.05, 4.69) is 31.4 Å². The molecule has 8 nitrogen and oxygen atoms in total. The minimum atomic E-state index is -1.02. The molecule has 8 heteroatoms. The molecule has 28 heavy (non-hydrogen) atoms. The first kappa shape index (κ1) is 21.4. The van der Waals surface area contributed by atoms with Crippen LogP contribution in [0.3, 0.4) is 0 Å². The third-order valence-corrected chi connectivity index (χ3v) is 4.74. The maximum absolute atomic E-state index is 12.2. The standard InChI is InChI=1S/C20H27N3O5/c1-6-20(5)17(26)23(18(27)22-20)11-16(25)28-12-15(24)21-14-9-7-13(8-10-14)19(2,3)4/h7-10H,6,11-12H2,1-5H3,(H,21,24)(H,22,27)/t20-/m1/s1. The molecule has 1 aromatic rings. The molecule has 1 fully saturated rings. The van der Waals surface area contributed by atoms with Gasteiger partial charge in [-0.25, -0.2) is 4.79 Å². The van der Waals surface area contributed by atoms with Crippen LogP contribution in [0.5, 0.6) is 0 Å². The number of nitrogens with zero attached hydrogens (tertiary/aromatic N) is 1. The van der Waals surface area contributed by atoms with E-state index in [0.717, 1.165) is 10.5 Å². The number of imide groups is 1. The van der Waals surface area contributed by atoms with E-state index < -0.39 is 42.5 Å². The van der Waals surface area contributed by atoms with Gasteiger partial charge in [0.05, 0.1) is 0 Å². The number of carbonyl (C=O) groups is 4. The van der Waals surface area contributed by atoms with Gasteiger partial charge < -0.3 is 15.4 Å². The normalized spacial score (nSPS) is 19.4. The molecule has 1 saturated heterocycles. The van der Waals surface area contributed by atoms with Crippen LogP contribution in [-0.4, -0.2) is 47.4 Å². The summed E-state index contributed by atoms with van der Waals surface area (Å²) in [7, 11) is 0. The molecule has 1 atom stereocenters. The van der Waals surface area contributed by atoms with Crippen molar-refractivity contribution in [1.82, 2.24) is 10.2 Å². The summed E-state index contributed by atoms with van der Waals surface area (Å²) in [5.41, 5.74) is 0.700. The fraction of sp³-hybridized carbons (Fsp3) is 0.500. The van der Waals surface area contributed by atoms with E-state index in [1.54, 1.807) is 26.0 Å². The number of rotatable bonds is 6. The number of esters is 1. The predicted octanol–water partition coefficient (Wildman–Crippen LogP) is 2.19. The van der Waals surface area contributed by atoms with Gasteiger partial charge in [-0.1, -0.05) is 39.8 Å². The van der Waals surface area contributed by atoms with Gasteiger partial charge in [-0.15, -0.1) is 0 Å². The van der Waals surface area contributed by atoms with Crippen LogP contribution in [0, 0.1) is 0 Å². The Balaban J connectivity index is 1.83. The number of urea groups is 1. The molecular formula is C20H27N3O5. The van der Waals surface area contributed by atoms with Gasteiger partial charge in [0, 0.05) is 5.69 Å². The minimum absolute atomic E-state index is 0.00518. The predicted molar refractivity (Wildman–Crippen MR) is 104 cm³/mol. The number of anilines is 1. The lowest BCUT2D eigenvalue weighted by Crippen LogP contribution is -2.43. The second-order valence-electron chi connectivity index (χ2n) is 8.04. The van der Waals surface area contributed by atoms with Gasteiger partial charge in [-0.3, -0.25) is 19.3 Å². The van der Waals surface area contributed by atoms with E-state index in [4.69, 9.17) is 4.74 Å². The van der Waals surface area contributed by atoms with Crippen molar-refractivity contribution in [3.8, 4) is 0 Å². The molecule has 0 radical (unpaired) electrons. The van der Waals surface area contributed by atoms with Gasteiger partial charge in [0.1, 0.15) is 12.1 Å². The van der Waals surface area contributed by atoms with E-state index in [0.29, 0.717) is 12.1 Å². The first-order valence-electron chi connectivity index (χ1n) is 9.16. The molecule has 0 spiro atoms. The van der Waals surface area contributed by atoms with Crippen molar-refractivity contribution < 1.29 is 23.9 Å². The third kappa shape index (κ3) is 4.88. The number of benzene rings is 1. The summed E-state index contributed by atoms with van der Waals surface area (Å²) in [5.74, 6) is -1.82. The molecule has 4 amide bonds. The zero-order chi connectivity index (χ0) is 21.1. The Labute approximate surface area is 164 Å². The number of carbonyl (C=O) groups excluding carboxylic acids is 4. The first-order valence-corrected chi connectivity index (χ1v) is 9.16. The van der Waals surface area contributed by atoms with Gasteiger partial charge in [0.15, 0.2) is 6.61 Å². The molecule has 1 aliphatic rings. The molecule has 0 aliphatic carbocycles. The molecule has 0 saturated carbocycles. The topological polar surface area (TPSA) is 105 Å². The highest BCUT2D eigenvalue weighted by atomic mass is 16.5. The third-order valence-electron chi connectivity index (χ3n) is 4.74. The van der Waals surface area contributed by atoms with E-state index in [-0.39, 0.29) is 5.41 Å². The Morgan fingerprint density at radius 2 is 1.79 bits per heavy atom. The van der Waals surface area contributed by atoms with Crippen LogP contribution in [0.25, 0.3) is 0 Å². The van der Waals surface area contributed by atoms with Crippen molar-refractivity contribution in [3.05, 3.63) is 29.8 Å². The summed E-state index contributed by atoms with van der Waals surface area (Å²) in [6.45, 7) is 8.59. The van der Waals surface area contributed by atoms with Crippen molar-refractivity contribution in [2.75, 3.05) is 18.5 Å². The fourth-order valence-electron chi connectivity index (χ4n) is 2.70. The summed E-state index contributed by atoms with van der Waals surface area (Å²) in [6.07, 6.45) is 0.402. The van der Waals surface area contributed by atoms with Crippen molar-refractivity contribution >= 4 is 29.5 Å². The summed E-state index contributed by atoms with van der Waals surface area (Å²) in [4.78, 5) is 48.8. The molecule has 0 unspecified atom stereocenters. The number of hydrogen-bond acceptors (Lipinski definition) is 5. The molecule has 1 aliphatic heterocycles. The Hall–Kier alpha value is -2.90. The molecule has 152 valence electrons. The lowest BCUT2D eigenvalue weighted by molar-refractivity contribution is -0.150. The summed E-state index contributed by atoms with van der Waals surface area (Å²) < 4.78 is 4.89. The van der Waals surface area contributed by atoms with Crippen LogP contribution in [0.4, 0.5) is 10.5 Å². The van der Waals surface area contributed by atoms with Gasteiger partial charge in [0.25, 0.3) is 11.8 Å². The SMILES string of the molecule is CC[C@@]1(C)NC(=O)N(CC(=O)OCC(=O)Nc2ccc(C(C)(C)C)cc2)C1=O. The van der Waals surface area contributed by atoms with Crippen LogP contribution < -0.4 is 10.6 Å². The van der Waals surface area contributed by atoms with Crippen LogP contribution in [0.1, 0.15) is 46.6 Å². The average Bonchev–Trinajstić information content (AvgIpc) is 2.83. The molecule has 0 bridgehead atoms. The zero-order valence-corrected chi connectivity index (χ0v) is 16.9. The fourth-order valence-corrected chi connectivity index (χ4v) is 2.70. The second-order valence-corrected chi connectivity index (χ2v) is 8.04. The number of amides is 4. The highest BCUT2D eigenvalue weighted by molar-refractivity contribution is 6.08. The number of nitrogens with one attached hydrogen (secondary N) is 2. The lowest BCUT2D eigenvalue weighted by atomic mass is 9.87. The first-order chi connectivity index (χ1) is 13.0. The molecule has 0 aromatic heterocycles. The van der Waals surface area contributed by atoms with Crippen LogP contribution in [0.2, 0.25) is 0 Å². The molecule has 2 rings (SSSR count). The molecule has 1 aromatic carbocycles. The zero-order valence-electron chi connectivity index (χ0n) is 16.9. The van der Waals surface area contributed by atoms with Gasteiger partial charge in [0.2, 0.25) is 0 Å². The smallest absolute Gasteiger partial charge is 0.326 e. The molecule has 2 N–H and O–H groups in total. The van der Waals surface area contributed by atoms with Crippen molar-refractivity contribution in [2.45, 2.75) is 52.0 Å². The van der Waals surface area contributed by atoms with E-state index in [9.17, 15) is 19.2 Å². The largest absolute Gasteiger partial charge is 0.454 e. The maximum Gasteiger partial charge on any atom is 0.326 e. The Morgan fingerprint density at radius 3 is 2.29 bits per heavy atom. The van der Waals surface area contributed by atoms with E-state index in [1.165, 1.54) is 0 Å². The number of ether oxygens (including phenoxy) is 1. The lowest BCUT2D eigenvalue weighted by Gasteiger charge is -2.19. The van der Waals surface area contributed by atoms with Gasteiger partial charge >= 0.3 is 12.0 Å². The summed E-state index contributed by atoms with van der Waals surface area (Å²) >= 11 is 0. The monoisotopic (exact) mass is 389 g/mol. The second kappa shape index (κ2) is 8.00. The van der Waals surface area contributed by atoms with E-state index in [1.807, 2.05) is 12.1 Å². The Morgan fingerprint density at radius 1 is 1.18 bits per heavy atom. The van der Waals surface area contributed by atoms with Crippen LogP contribution >= 0.6 is 0 Å². The Bertz CT molecular complexity index is 782. The van der Waals surface area contributed by atoms with Gasteiger partial charge in [-0.05, 0) is 36.5 Å². The number of hydrogen-bond donors (Lipinski definition) is 2. The summed E-state index contributed by atoms with van der Waals surface area (Å²) in [5, 5.41) is 5.18. The van der Waals surface area contributed by atoms with Crippen LogP contribution in [-0.2, 0) is 24.5 Å². The van der Waals surface area contributed by atoms with Crippen molar-refractivity contribution in [1.29, 1.82) is 0 Å². The van der Waals surface area contributed by atoms with E-state index >= 15 is 0 Å². The molecular weight excluding hydrogens is 362 g/mol. The van der Waals surface area contributed by atoms with Crippen molar-refractivity contribution in [3.63, 3.8) is 0 Å². The highest BCUT2D eigenvalue weighted by Crippen LogP contribution is 2.23. The quantitative estimate of drug-likeness (QED) is 0.573. The molecule has 1 heterocycles. The highest BCUT2D eigenvalue weighted by Gasteiger charge is 2.47.